The lowest BCUT2D eigenvalue weighted by atomic mass is 10.0. The van der Waals surface area contributed by atoms with Gasteiger partial charge in [0, 0.05) is 23.3 Å². The molecule has 0 atom stereocenters. The number of carbonyl (C=O) groups excluding carboxylic acids is 1. The predicted octanol–water partition coefficient (Wildman–Crippen LogP) is 4.50. The summed E-state index contributed by atoms with van der Waals surface area (Å²) in [5.74, 6) is 0.969. The molecule has 2 heterocycles. The molecule has 0 saturated heterocycles. The van der Waals surface area contributed by atoms with E-state index in [2.05, 4.69) is 16.4 Å². The standard InChI is InChI=1S/C21H20N2O4/c1-4-25-21(24)15-10-22-16-8-12(2)7-13(3)19(16)20(15)23-14-5-6-17-18(9-14)27-11-26-17/h5-10H,4,11H2,1-3H3,(H,22,23). The van der Waals surface area contributed by atoms with Crippen molar-refractivity contribution in [3.63, 3.8) is 0 Å². The molecule has 0 saturated carbocycles. The van der Waals surface area contributed by atoms with Crippen molar-refractivity contribution < 1.29 is 19.0 Å². The van der Waals surface area contributed by atoms with Crippen LogP contribution in [0.3, 0.4) is 0 Å². The maximum Gasteiger partial charge on any atom is 0.341 e. The Balaban J connectivity index is 1.87. The maximum absolute atomic E-state index is 12.5. The number of carbonyl (C=O) groups is 1. The smallest absolute Gasteiger partial charge is 0.341 e. The van der Waals surface area contributed by atoms with Crippen molar-refractivity contribution in [2.45, 2.75) is 20.8 Å². The maximum atomic E-state index is 12.5. The van der Waals surface area contributed by atoms with Gasteiger partial charge in [0.05, 0.1) is 17.8 Å². The molecular weight excluding hydrogens is 344 g/mol. The SMILES string of the molecule is CCOC(=O)c1cnc2cc(C)cc(C)c2c1Nc1ccc2c(c1)OCO2. The van der Waals surface area contributed by atoms with Gasteiger partial charge in [-0.1, -0.05) is 6.07 Å². The highest BCUT2D eigenvalue weighted by atomic mass is 16.7. The summed E-state index contributed by atoms with van der Waals surface area (Å²) in [6.07, 6.45) is 1.56. The summed E-state index contributed by atoms with van der Waals surface area (Å²) >= 11 is 0. The van der Waals surface area contributed by atoms with Crippen molar-refractivity contribution in [1.82, 2.24) is 4.98 Å². The van der Waals surface area contributed by atoms with Crippen LogP contribution in [-0.2, 0) is 4.74 Å². The van der Waals surface area contributed by atoms with Crippen molar-refractivity contribution in [1.29, 1.82) is 0 Å². The lowest BCUT2D eigenvalue weighted by Crippen LogP contribution is -2.09. The third kappa shape index (κ3) is 3.14. The summed E-state index contributed by atoms with van der Waals surface area (Å²) in [7, 11) is 0. The van der Waals surface area contributed by atoms with E-state index in [-0.39, 0.29) is 6.79 Å². The molecule has 2 aromatic carbocycles. The zero-order valence-corrected chi connectivity index (χ0v) is 15.5. The van der Waals surface area contributed by atoms with E-state index in [1.54, 1.807) is 13.1 Å². The third-order valence-corrected chi connectivity index (χ3v) is 4.45. The first-order chi connectivity index (χ1) is 13.1. The number of anilines is 2. The van der Waals surface area contributed by atoms with Crippen molar-refractivity contribution in [2.24, 2.45) is 0 Å². The van der Waals surface area contributed by atoms with Crippen LogP contribution >= 0.6 is 0 Å². The van der Waals surface area contributed by atoms with Crippen LogP contribution in [0.15, 0.2) is 36.5 Å². The van der Waals surface area contributed by atoms with E-state index in [0.717, 1.165) is 27.7 Å². The molecule has 1 aliphatic heterocycles. The van der Waals surface area contributed by atoms with Gasteiger partial charge in [-0.05, 0) is 50.1 Å². The molecule has 138 valence electrons. The monoisotopic (exact) mass is 364 g/mol. The summed E-state index contributed by atoms with van der Waals surface area (Å²) in [5.41, 5.74) is 4.84. The topological polar surface area (TPSA) is 69.7 Å². The number of esters is 1. The molecule has 1 N–H and O–H groups in total. The Hall–Kier alpha value is -3.28. The zero-order chi connectivity index (χ0) is 19.0. The Morgan fingerprint density at radius 1 is 1.19 bits per heavy atom. The second-order valence-corrected chi connectivity index (χ2v) is 6.44. The van der Waals surface area contributed by atoms with Crippen LogP contribution in [-0.4, -0.2) is 24.4 Å². The second kappa shape index (κ2) is 6.79. The number of benzene rings is 2. The first kappa shape index (κ1) is 17.1. The number of aromatic nitrogens is 1. The lowest BCUT2D eigenvalue weighted by Gasteiger charge is -2.16. The average molecular weight is 364 g/mol. The molecule has 6 heteroatoms. The number of ether oxygens (including phenoxy) is 3. The normalized spacial score (nSPS) is 12.3. The van der Waals surface area contributed by atoms with E-state index >= 15 is 0 Å². The van der Waals surface area contributed by atoms with Crippen molar-refractivity contribution in [3.8, 4) is 11.5 Å². The van der Waals surface area contributed by atoms with Crippen molar-refractivity contribution in [2.75, 3.05) is 18.7 Å². The number of nitrogens with zero attached hydrogens (tertiary/aromatic N) is 1. The molecule has 0 bridgehead atoms. The number of hydrogen-bond acceptors (Lipinski definition) is 6. The first-order valence-electron chi connectivity index (χ1n) is 8.80. The Morgan fingerprint density at radius 2 is 2.00 bits per heavy atom. The zero-order valence-electron chi connectivity index (χ0n) is 15.5. The van der Waals surface area contributed by atoms with Crippen molar-refractivity contribution >= 4 is 28.2 Å². The summed E-state index contributed by atoms with van der Waals surface area (Å²) in [6, 6.07) is 9.66. The largest absolute Gasteiger partial charge is 0.462 e. The minimum absolute atomic E-state index is 0.212. The van der Waals surface area contributed by atoms with Crippen LogP contribution in [0.25, 0.3) is 10.9 Å². The van der Waals surface area contributed by atoms with Gasteiger partial charge in [0.15, 0.2) is 11.5 Å². The molecule has 6 nitrogen and oxygen atoms in total. The third-order valence-electron chi connectivity index (χ3n) is 4.45. The molecule has 0 fully saturated rings. The van der Waals surface area contributed by atoms with Gasteiger partial charge in [-0.25, -0.2) is 4.79 Å². The van der Waals surface area contributed by atoms with Crippen LogP contribution in [0.2, 0.25) is 0 Å². The van der Waals surface area contributed by atoms with Gasteiger partial charge in [-0.15, -0.1) is 0 Å². The van der Waals surface area contributed by atoms with Gasteiger partial charge in [0.1, 0.15) is 5.56 Å². The number of fused-ring (bicyclic) bond motifs is 2. The van der Waals surface area contributed by atoms with E-state index < -0.39 is 5.97 Å². The molecule has 4 rings (SSSR count). The highest BCUT2D eigenvalue weighted by Gasteiger charge is 2.20. The minimum atomic E-state index is -0.407. The van der Waals surface area contributed by atoms with E-state index in [1.807, 2.05) is 38.1 Å². The van der Waals surface area contributed by atoms with Gasteiger partial charge in [-0.3, -0.25) is 4.98 Å². The predicted molar refractivity (Wildman–Crippen MR) is 103 cm³/mol. The summed E-state index contributed by atoms with van der Waals surface area (Å²) in [5, 5.41) is 4.26. The Kier molecular flexibility index (Phi) is 4.32. The fourth-order valence-electron chi connectivity index (χ4n) is 3.32. The van der Waals surface area contributed by atoms with Crippen molar-refractivity contribution in [3.05, 3.63) is 53.2 Å². The summed E-state index contributed by atoms with van der Waals surface area (Å²) in [6.45, 7) is 6.33. The molecule has 27 heavy (non-hydrogen) atoms. The fourth-order valence-corrected chi connectivity index (χ4v) is 3.32. The van der Waals surface area contributed by atoms with Crippen LogP contribution < -0.4 is 14.8 Å². The number of rotatable bonds is 4. The fraction of sp³-hybridized carbons (Fsp3) is 0.238. The van der Waals surface area contributed by atoms with Crippen LogP contribution in [0, 0.1) is 13.8 Å². The highest BCUT2D eigenvalue weighted by Crippen LogP contribution is 2.37. The number of nitrogens with one attached hydrogen (secondary N) is 1. The second-order valence-electron chi connectivity index (χ2n) is 6.44. The number of hydrogen-bond donors (Lipinski definition) is 1. The lowest BCUT2D eigenvalue weighted by molar-refractivity contribution is 0.0527. The Bertz CT molecular complexity index is 1050. The van der Waals surface area contributed by atoms with Gasteiger partial charge >= 0.3 is 5.97 Å². The molecule has 1 aromatic heterocycles. The van der Waals surface area contributed by atoms with E-state index in [4.69, 9.17) is 14.2 Å². The molecule has 3 aromatic rings. The van der Waals surface area contributed by atoms with Gasteiger partial charge in [0.25, 0.3) is 0 Å². The average Bonchev–Trinajstić information content (AvgIpc) is 3.09. The molecule has 0 radical (unpaired) electrons. The van der Waals surface area contributed by atoms with Crippen LogP contribution in [0.4, 0.5) is 11.4 Å². The number of aryl methyl sites for hydroxylation is 2. The van der Waals surface area contributed by atoms with E-state index in [0.29, 0.717) is 29.4 Å². The quantitative estimate of drug-likeness (QED) is 0.688. The first-order valence-corrected chi connectivity index (χ1v) is 8.80. The summed E-state index contributed by atoms with van der Waals surface area (Å²) in [4.78, 5) is 17.0. The molecular formula is C21H20N2O4. The van der Waals surface area contributed by atoms with Gasteiger partial charge in [0.2, 0.25) is 6.79 Å². The van der Waals surface area contributed by atoms with Crippen LogP contribution in [0.1, 0.15) is 28.4 Å². The van der Waals surface area contributed by atoms with Crippen LogP contribution in [0.5, 0.6) is 11.5 Å². The minimum Gasteiger partial charge on any atom is -0.462 e. The van der Waals surface area contributed by atoms with E-state index in [9.17, 15) is 4.79 Å². The Labute approximate surface area is 157 Å². The molecule has 1 aliphatic rings. The molecule has 0 spiro atoms. The molecule has 0 unspecified atom stereocenters. The van der Waals surface area contributed by atoms with E-state index in [1.165, 1.54) is 0 Å². The number of pyridine rings is 1. The Morgan fingerprint density at radius 3 is 2.81 bits per heavy atom. The highest BCUT2D eigenvalue weighted by molar-refractivity contribution is 6.07. The van der Waals surface area contributed by atoms with Gasteiger partial charge < -0.3 is 19.5 Å². The van der Waals surface area contributed by atoms with Gasteiger partial charge in [-0.2, -0.15) is 0 Å². The molecule has 0 aliphatic carbocycles. The summed E-state index contributed by atoms with van der Waals surface area (Å²) < 4.78 is 16.0. The molecule has 0 amide bonds.